The first-order chi connectivity index (χ1) is 12.3. The van der Waals surface area contributed by atoms with Crippen LogP contribution < -0.4 is 9.44 Å². The zero-order valence-electron chi connectivity index (χ0n) is 16.0. The lowest BCUT2D eigenvalue weighted by Gasteiger charge is -2.19. The molecule has 0 heterocycles. The smallest absolute Gasteiger partial charge is 0.422 e. The quantitative estimate of drug-likeness (QED) is 0.675. The summed E-state index contributed by atoms with van der Waals surface area (Å²) in [7, 11) is -4.23. The molecule has 1 unspecified atom stereocenters. The fourth-order valence-electron chi connectivity index (χ4n) is 2.00. The molecular weight excluding hydrogens is 379 g/mol. The molecule has 1 rings (SSSR count). The van der Waals surface area contributed by atoms with E-state index in [1.807, 2.05) is 0 Å². The Morgan fingerprint density at radius 3 is 2.41 bits per heavy atom. The molecule has 0 aliphatic rings. The van der Waals surface area contributed by atoms with E-state index in [1.165, 1.54) is 12.1 Å². The number of carbonyl (C=O) groups excluding carboxylic acids is 2. The van der Waals surface area contributed by atoms with Gasteiger partial charge in [0.05, 0.1) is 12.5 Å². The number of halogens is 1. The van der Waals surface area contributed by atoms with Crippen LogP contribution in [0, 0.1) is 5.82 Å². The normalized spacial score (nSPS) is 13.0. The molecule has 0 fully saturated rings. The van der Waals surface area contributed by atoms with E-state index in [9.17, 15) is 22.4 Å². The third kappa shape index (κ3) is 7.92. The molecule has 0 saturated heterocycles. The van der Waals surface area contributed by atoms with Crippen molar-refractivity contribution in [3.8, 4) is 0 Å². The van der Waals surface area contributed by atoms with Crippen LogP contribution in [-0.2, 0) is 31.0 Å². The maximum atomic E-state index is 14.2. The summed E-state index contributed by atoms with van der Waals surface area (Å²) < 4.78 is 51.4. The van der Waals surface area contributed by atoms with Crippen molar-refractivity contribution >= 4 is 22.3 Å². The Labute approximate surface area is 158 Å². The lowest BCUT2D eigenvalue weighted by molar-refractivity contribution is -0.144. The average molecular weight is 404 g/mol. The predicted octanol–water partition coefficient (Wildman–Crippen LogP) is 2.35. The van der Waals surface area contributed by atoms with Crippen molar-refractivity contribution in [1.82, 2.24) is 9.44 Å². The Bertz CT molecular complexity index is 789. The minimum absolute atomic E-state index is 0.0457. The van der Waals surface area contributed by atoms with E-state index in [2.05, 4.69) is 4.72 Å². The van der Waals surface area contributed by atoms with E-state index in [1.54, 1.807) is 39.3 Å². The molecule has 1 amide bonds. The largest absolute Gasteiger partial charge is 0.466 e. The number of nitrogens with one attached hydrogen (secondary N) is 2. The van der Waals surface area contributed by atoms with E-state index < -0.39 is 46.2 Å². The van der Waals surface area contributed by atoms with Crippen LogP contribution in [0.15, 0.2) is 18.2 Å². The van der Waals surface area contributed by atoms with Crippen LogP contribution in [-0.4, -0.2) is 32.7 Å². The van der Waals surface area contributed by atoms with Gasteiger partial charge >= 0.3 is 22.3 Å². The van der Waals surface area contributed by atoms with Gasteiger partial charge in [-0.25, -0.2) is 13.9 Å². The van der Waals surface area contributed by atoms with Crippen molar-refractivity contribution in [1.29, 1.82) is 0 Å². The van der Waals surface area contributed by atoms with Crippen LogP contribution in [0.5, 0.6) is 0 Å². The monoisotopic (exact) mass is 404 g/mol. The van der Waals surface area contributed by atoms with Crippen LogP contribution in [0.3, 0.4) is 0 Å². The molecule has 0 saturated carbocycles. The van der Waals surface area contributed by atoms with Gasteiger partial charge in [-0.1, -0.05) is 12.1 Å². The Balaban J connectivity index is 2.74. The Morgan fingerprint density at radius 2 is 1.89 bits per heavy atom. The summed E-state index contributed by atoms with van der Waals surface area (Å²) in [5.74, 6) is -1.82. The topological polar surface area (TPSA) is 111 Å². The molecule has 1 aromatic rings. The van der Waals surface area contributed by atoms with E-state index in [4.69, 9.17) is 9.47 Å². The van der Waals surface area contributed by atoms with Gasteiger partial charge in [-0.2, -0.15) is 13.1 Å². The lowest BCUT2D eigenvalue weighted by Crippen LogP contribution is -2.42. The maximum Gasteiger partial charge on any atom is 0.422 e. The van der Waals surface area contributed by atoms with Crippen molar-refractivity contribution in [3.05, 3.63) is 35.1 Å². The van der Waals surface area contributed by atoms with Gasteiger partial charge in [-0.15, -0.1) is 0 Å². The number of carbonyl (C=O) groups is 2. The molecule has 0 aliphatic carbocycles. The SMILES string of the molecule is CCOC(=O)C(C)c1ccc(CNS(=O)(=O)NC(=O)OC(C)(C)C)c(F)c1. The number of esters is 1. The van der Waals surface area contributed by atoms with Crippen LogP contribution in [0.4, 0.5) is 9.18 Å². The van der Waals surface area contributed by atoms with E-state index in [0.29, 0.717) is 5.56 Å². The molecule has 2 N–H and O–H groups in total. The van der Waals surface area contributed by atoms with E-state index >= 15 is 0 Å². The highest BCUT2D eigenvalue weighted by atomic mass is 32.2. The number of hydrogen-bond donors (Lipinski definition) is 2. The maximum absolute atomic E-state index is 14.2. The first kappa shape index (κ1) is 22.8. The molecule has 27 heavy (non-hydrogen) atoms. The molecule has 152 valence electrons. The second-order valence-corrected chi connectivity index (χ2v) is 8.25. The number of rotatable bonds is 7. The zero-order valence-corrected chi connectivity index (χ0v) is 16.8. The minimum atomic E-state index is -4.23. The first-order valence-electron chi connectivity index (χ1n) is 8.30. The lowest BCUT2D eigenvalue weighted by atomic mass is 9.99. The standard InChI is InChI=1S/C17H25FN2O6S/c1-6-25-15(21)11(2)12-7-8-13(14(18)9-12)10-19-27(23,24)20-16(22)26-17(3,4)5/h7-9,11,19H,6,10H2,1-5H3,(H,20,22). The molecule has 8 nitrogen and oxygen atoms in total. The van der Waals surface area contributed by atoms with Crippen LogP contribution in [0.2, 0.25) is 0 Å². The van der Waals surface area contributed by atoms with Gasteiger partial charge in [-0.3, -0.25) is 4.79 Å². The van der Waals surface area contributed by atoms with Crippen LogP contribution in [0.25, 0.3) is 0 Å². The summed E-state index contributed by atoms with van der Waals surface area (Å²) in [4.78, 5) is 23.2. The average Bonchev–Trinajstić information content (AvgIpc) is 2.50. The molecule has 0 radical (unpaired) electrons. The molecule has 1 aromatic carbocycles. The van der Waals surface area contributed by atoms with Gasteiger partial charge in [0.2, 0.25) is 0 Å². The first-order valence-corrected chi connectivity index (χ1v) is 9.78. The Morgan fingerprint density at radius 1 is 1.26 bits per heavy atom. The van der Waals surface area contributed by atoms with Crippen LogP contribution in [0.1, 0.15) is 51.7 Å². The van der Waals surface area contributed by atoms with Gasteiger partial charge in [0.15, 0.2) is 0 Å². The number of amides is 1. The minimum Gasteiger partial charge on any atom is -0.466 e. The summed E-state index contributed by atoms with van der Waals surface area (Å²) in [6.07, 6.45) is -1.14. The molecule has 0 spiro atoms. The fourth-order valence-corrected chi connectivity index (χ4v) is 2.68. The highest BCUT2D eigenvalue weighted by Gasteiger charge is 2.22. The fraction of sp³-hybridized carbons (Fsp3) is 0.529. The summed E-state index contributed by atoms with van der Waals surface area (Å²) in [5, 5.41) is 0. The van der Waals surface area contributed by atoms with Crippen molar-refractivity contribution in [2.75, 3.05) is 6.61 Å². The molecular formula is C17H25FN2O6S. The van der Waals surface area contributed by atoms with Gasteiger partial charge in [0.1, 0.15) is 11.4 Å². The second kappa shape index (κ2) is 9.14. The van der Waals surface area contributed by atoms with E-state index in [0.717, 1.165) is 6.07 Å². The predicted molar refractivity (Wildman–Crippen MR) is 96.6 cm³/mol. The van der Waals surface area contributed by atoms with Gasteiger partial charge < -0.3 is 9.47 Å². The number of ether oxygens (including phenoxy) is 2. The second-order valence-electron chi connectivity index (χ2n) is 6.75. The van der Waals surface area contributed by atoms with Gasteiger partial charge in [-0.05, 0) is 46.2 Å². The zero-order chi connectivity index (χ0) is 20.8. The molecule has 10 heteroatoms. The molecule has 1 atom stereocenters. The number of benzene rings is 1. The van der Waals surface area contributed by atoms with Crippen molar-refractivity contribution in [2.24, 2.45) is 0 Å². The Hall–Kier alpha value is -2.20. The highest BCUT2D eigenvalue weighted by molar-refractivity contribution is 7.88. The van der Waals surface area contributed by atoms with E-state index in [-0.39, 0.29) is 12.2 Å². The third-order valence-corrected chi connectivity index (χ3v) is 4.25. The van der Waals surface area contributed by atoms with Crippen LogP contribution >= 0.6 is 0 Å². The van der Waals surface area contributed by atoms with Gasteiger partial charge in [0, 0.05) is 12.1 Å². The van der Waals surface area contributed by atoms with Crippen molar-refractivity contribution in [2.45, 2.75) is 52.7 Å². The molecule has 0 aromatic heterocycles. The molecule has 0 aliphatic heterocycles. The van der Waals surface area contributed by atoms with Crippen molar-refractivity contribution in [3.63, 3.8) is 0 Å². The summed E-state index contributed by atoms with van der Waals surface area (Å²) in [6, 6.07) is 4.01. The third-order valence-electron chi connectivity index (χ3n) is 3.29. The van der Waals surface area contributed by atoms with Gasteiger partial charge in [0.25, 0.3) is 0 Å². The summed E-state index contributed by atoms with van der Waals surface area (Å²) in [5.41, 5.74) is -0.411. The number of hydrogen-bond acceptors (Lipinski definition) is 6. The summed E-state index contributed by atoms with van der Waals surface area (Å²) in [6.45, 7) is 7.84. The Kier molecular flexibility index (Phi) is 7.73. The molecule has 0 bridgehead atoms. The summed E-state index contributed by atoms with van der Waals surface area (Å²) >= 11 is 0. The van der Waals surface area contributed by atoms with Crippen molar-refractivity contribution < 1.29 is 31.9 Å². The highest BCUT2D eigenvalue weighted by Crippen LogP contribution is 2.20.